The van der Waals surface area contributed by atoms with Gasteiger partial charge in [0.15, 0.2) is 0 Å². The highest BCUT2D eigenvalue weighted by molar-refractivity contribution is 9.10. The van der Waals surface area contributed by atoms with Crippen LogP contribution in [0.25, 0.3) is 0 Å². The summed E-state index contributed by atoms with van der Waals surface area (Å²) in [6.45, 7) is -0.131. The first-order valence-corrected chi connectivity index (χ1v) is 7.89. The highest BCUT2D eigenvalue weighted by atomic mass is 79.9. The van der Waals surface area contributed by atoms with Gasteiger partial charge < -0.3 is 5.32 Å². The molecule has 1 heterocycles. The Bertz CT molecular complexity index is 599. The Balaban J connectivity index is 1.99. The predicted molar refractivity (Wildman–Crippen MR) is 80.4 cm³/mol. The van der Waals surface area contributed by atoms with E-state index in [1.165, 1.54) is 11.0 Å². The van der Waals surface area contributed by atoms with Crippen molar-refractivity contribution in [3.63, 3.8) is 0 Å². The molecule has 21 heavy (non-hydrogen) atoms. The fourth-order valence-corrected chi connectivity index (χ4v) is 3.56. The van der Waals surface area contributed by atoms with Gasteiger partial charge in [0.05, 0.1) is 5.69 Å². The summed E-state index contributed by atoms with van der Waals surface area (Å²) < 4.78 is 14.7. The molecule has 0 atom stereocenters. The summed E-state index contributed by atoms with van der Waals surface area (Å²) in [5.41, 5.74) is -0.684. The van der Waals surface area contributed by atoms with Crippen LogP contribution in [-0.2, 0) is 9.59 Å². The molecular weight excluding hydrogens is 339 g/mol. The number of carbonyl (C=O) groups excluding carboxylic acids is 2. The van der Waals surface area contributed by atoms with Gasteiger partial charge in [-0.3, -0.25) is 14.5 Å². The van der Waals surface area contributed by atoms with E-state index < -0.39 is 11.4 Å². The first-order chi connectivity index (χ1) is 10.0. The van der Waals surface area contributed by atoms with E-state index >= 15 is 0 Å². The maximum Gasteiger partial charge on any atom is 0.253 e. The van der Waals surface area contributed by atoms with Crippen molar-refractivity contribution in [3.05, 3.63) is 28.5 Å². The molecule has 1 aromatic carbocycles. The van der Waals surface area contributed by atoms with Gasteiger partial charge in [-0.1, -0.05) is 35.2 Å². The normalized spacial score (nSPS) is 21.5. The Hall–Kier alpha value is -1.43. The maximum atomic E-state index is 14.1. The van der Waals surface area contributed by atoms with Gasteiger partial charge in [0.1, 0.15) is 17.9 Å². The fourth-order valence-electron chi connectivity index (χ4n) is 3.22. The molecule has 112 valence electrons. The number of hydrogen-bond donors (Lipinski definition) is 1. The minimum atomic E-state index is -0.845. The number of nitrogens with one attached hydrogen (secondary N) is 1. The second-order valence-corrected chi connectivity index (χ2v) is 6.59. The van der Waals surface area contributed by atoms with E-state index in [1.807, 2.05) is 0 Å². The van der Waals surface area contributed by atoms with Gasteiger partial charge in [0, 0.05) is 4.47 Å². The molecule has 0 radical (unpaired) electrons. The number of anilines is 1. The summed E-state index contributed by atoms with van der Waals surface area (Å²) in [6.07, 6.45) is 4.13. The lowest BCUT2D eigenvalue weighted by molar-refractivity contribution is -0.137. The molecule has 2 fully saturated rings. The maximum absolute atomic E-state index is 14.1. The molecule has 0 bridgehead atoms. The molecule has 2 amide bonds. The minimum absolute atomic E-state index is 0.131. The van der Waals surface area contributed by atoms with Crippen LogP contribution in [-0.4, -0.2) is 23.9 Å². The van der Waals surface area contributed by atoms with Crippen LogP contribution in [0.4, 0.5) is 10.1 Å². The molecule has 1 aliphatic carbocycles. The van der Waals surface area contributed by atoms with Crippen molar-refractivity contribution >= 4 is 33.4 Å². The van der Waals surface area contributed by atoms with Crippen LogP contribution < -0.4 is 10.2 Å². The average Bonchev–Trinajstić information content (AvgIpc) is 2.47. The highest BCUT2D eigenvalue weighted by Crippen LogP contribution is 2.35. The molecule has 3 rings (SSSR count). The van der Waals surface area contributed by atoms with Crippen LogP contribution in [0.2, 0.25) is 0 Å². The topological polar surface area (TPSA) is 49.4 Å². The lowest BCUT2D eigenvalue weighted by atomic mass is 9.79. The average molecular weight is 355 g/mol. The summed E-state index contributed by atoms with van der Waals surface area (Å²) >= 11 is 3.28. The molecule has 1 saturated heterocycles. The molecule has 1 saturated carbocycles. The largest absolute Gasteiger partial charge is 0.340 e. The van der Waals surface area contributed by atoms with Crippen LogP contribution in [0.3, 0.4) is 0 Å². The van der Waals surface area contributed by atoms with Crippen molar-refractivity contribution in [2.75, 3.05) is 11.4 Å². The van der Waals surface area contributed by atoms with Crippen LogP contribution in [0.1, 0.15) is 32.1 Å². The van der Waals surface area contributed by atoms with E-state index in [1.54, 1.807) is 12.1 Å². The fraction of sp³-hybridized carbons (Fsp3) is 0.467. The standard InChI is InChI=1S/C15H16BrFN2O2/c16-10-4-5-11(17)12(8-10)19-9-13(20)18-15(14(19)21)6-2-1-3-7-15/h4-5,8H,1-3,6-7,9H2,(H,18,20). The minimum Gasteiger partial charge on any atom is -0.340 e. The Morgan fingerprint density at radius 2 is 1.90 bits per heavy atom. The third-order valence-corrected chi connectivity index (χ3v) is 4.73. The lowest BCUT2D eigenvalue weighted by Crippen LogP contribution is -2.67. The van der Waals surface area contributed by atoms with Gasteiger partial charge in [0.25, 0.3) is 5.91 Å². The second kappa shape index (κ2) is 5.40. The number of carbonyl (C=O) groups is 2. The van der Waals surface area contributed by atoms with Gasteiger partial charge in [-0.2, -0.15) is 0 Å². The number of piperazine rings is 1. The number of benzene rings is 1. The van der Waals surface area contributed by atoms with Crippen molar-refractivity contribution in [3.8, 4) is 0 Å². The van der Waals surface area contributed by atoms with Crippen molar-refractivity contribution in [1.82, 2.24) is 5.32 Å². The molecule has 4 nitrogen and oxygen atoms in total. The monoisotopic (exact) mass is 354 g/mol. The third kappa shape index (κ3) is 2.57. The molecule has 1 aromatic rings. The molecule has 0 unspecified atom stereocenters. The Kier molecular flexibility index (Phi) is 3.73. The van der Waals surface area contributed by atoms with Gasteiger partial charge in [-0.15, -0.1) is 0 Å². The van der Waals surface area contributed by atoms with Crippen molar-refractivity contribution in [2.45, 2.75) is 37.6 Å². The van der Waals surface area contributed by atoms with Gasteiger partial charge >= 0.3 is 0 Å². The summed E-state index contributed by atoms with van der Waals surface area (Å²) in [4.78, 5) is 26.1. The number of amides is 2. The predicted octanol–water partition coefficient (Wildman–Crippen LogP) is 2.75. The summed E-state index contributed by atoms with van der Waals surface area (Å²) in [6, 6.07) is 4.42. The SMILES string of the molecule is O=C1CN(c2cc(Br)ccc2F)C(=O)C2(CCCCC2)N1. The highest BCUT2D eigenvalue weighted by Gasteiger charge is 2.47. The number of halogens is 2. The zero-order valence-electron chi connectivity index (χ0n) is 11.5. The molecule has 0 aromatic heterocycles. The number of hydrogen-bond acceptors (Lipinski definition) is 2. The summed E-state index contributed by atoms with van der Waals surface area (Å²) in [5, 5.41) is 2.85. The molecule has 6 heteroatoms. The van der Waals surface area contributed by atoms with Gasteiger partial charge in [-0.25, -0.2) is 4.39 Å². The van der Waals surface area contributed by atoms with Crippen LogP contribution in [0.15, 0.2) is 22.7 Å². The van der Waals surface area contributed by atoms with Crippen molar-refractivity contribution in [2.24, 2.45) is 0 Å². The van der Waals surface area contributed by atoms with Crippen molar-refractivity contribution < 1.29 is 14.0 Å². The molecule has 1 N–H and O–H groups in total. The Morgan fingerprint density at radius 1 is 1.19 bits per heavy atom. The summed E-state index contributed by atoms with van der Waals surface area (Å²) in [7, 11) is 0. The summed E-state index contributed by atoms with van der Waals surface area (Å²) in [5.74, 6) is -0.915. The second-order valence-electron chi connectivity index (χ2n) is 5.68. The first kappa shape index (κ1) is 14.5. The zero-order chi connectivity index (χ0) is 15.0. The first-order valence-electron chi connectivity index (χ1n) is 7.10. The van der Waals surface area contributed by atoms with E-state index in [9.17, 15) is 14.0 Å². The van der Waals surface area contributed by atoms with E-state index in [0.717, 1.165) is 19.3 Å². The quantitative estimate of drug-likeness (QED) is 0.842. The van der Waals surface area contributed by atoms with E-state index in [4.69, 9.17) is 0 Å². The lowest BCUT2D eigenvalue weighted by Gasteiger charge is -2.44. The molecule has 2 aliphatic rings. The van der Waals surface area contributed by atoms with Crippen molar-refractivity contribution in [1.29, 1.82) is 0 Å². The van der Waals surface area contributed by atoms with Crippen LogP contribution in [0, 0.1) is 5.82 Å². The third-order valence-electron chi connectivity index (χ3n) is 4.24. The molecule has 1 spiro atoms. The Morgan fingerprint density at radius 3 is 2.62 bits per heavy atom. The zero-order valence-corrected chi connectivity index (χ0v) is 13.1. The molecule has 1 aliphatic heterocycles. The number of rotatable bonds is 1. The van der Waals surface area contributed by atoms with Gasteiger partial charge in [0.2, 0.25) is 5.91 Å². The number of nitrogens with zero attached hydrogens (tertiary/aromatic N) is 1. The van der Waals surface area contributed by atoms with E-state index in [-0.39, 0.29) is 24.0 Å². The van der Waals surface area contributed by atoms with Gasteiger partial charge in [-0.05, 0) is 31.0 Å². The van der Waals surface area contributed by atoms with Crippen LogP contribution in [0.5, 0.6) is 0 Å². The van der Waals surface area contributed by atoms with E-state index in [0.29, 0.717) is 17.3 Å². The molecular formula is C15H16BrFN2O2. The van der Waals surface area contributed by atoms with Crippen LogP contribution >= 0.6 is 15.9 Å². The Labute approximate surface area is 130 Å². The van der Waals surface area contributed by atoms with E-state index in [2.05, 4.69) is 21.2 Å². The smallest absolute Gasteiger partial charge is 0.253 e.